The van der Waals surface area contributed by atoms with E-state index in [4.69, 9.17) is 14.2 Å². The lowest BCUT2D eigenvalue weighted by atomic mass is 10.00. The van der Waals surface area contributed by atoms with Gasteiger partial charge >= 0.3 is 5.97 Å². The Morgan fingerprint density at radius 3 is 2.11 bits per heavy atom. The minimum atomic E-state index is -0.398. The first-order valence-electron chi connectivity index (χ1n) is 12.0. The van der Waals surface area contributed by atoms with Crippen molar-refractivity contribution in [2.45, 2.75) is 51.9 Å². The van der Waals surface area contributed by atoms with Crippen molar-refractivity contribution in [3.05, 3.63) is 120 Å². The van der Waals surface area contributed by atoms with Crippen molar-refractivity contribution in [1.29, 1.82) is 0 Å². The zero-order valence-electron chi connectivity index (χ0n) is 20.5. The Balaban J connectivity index is 1.95. The van der Waals surface area contributed by atoms with Crippen LogP contribution in [0.4, 0.5) is 0 Å². The second-order valence-corrected chi connectivity index (χ2v) is 8.43. The van der Waals surface area contributed by atoms with Gasteiger partial charge in [0.05, 0.1) is 0 Å². The zero-order chi connectivity index (χ0) is 24.9. The first-order chi connectivity index (χ1) is 17.1. The highest BCUT2D eigenvalue weighted by Gasteiger charge is 2.23. The largest absolute Gasteiger partial charge is 0.489 e. The molecule has 0 aromatic heterocycles. The molecule has 1 atom stereocenters. The van der Waals surface area contributed by atoms with Crippen LogP contribution < -0.4 is 9.47 Å². The van der Waals surface area contributed by atoms with Crippen LogP contribution >= 0.6 is 0 Å². The van der Waals surface area contributed by atoms with Crippen LogP contribution in [0.5, 0.6) is 11.5 Å². The molecule has 0 aliphatic heterocycles. The van der Waals surface area contributed by atoms with Gasteiger partial charge in [-0.2, -0.15) is 0 Å². The van der Waals surface area contributed by atoms with Crippen LogP contribution in [0.2, 0.25) is 0 Å². The van der Waals surface area contributed by atoms with E-state index >= 15 is 0 Å². The minimum Gasteiger partial charge on any atom is -0.489 e. The fraction of sp³-hybridized carbons (Fsp3) is 0.258. The van der Waals surface area contributed by atoms with E-state index in [1.54, 1.807) is 12.1 Å². The number of benzene rings is 3. The number of unbranched alkanes of at least 4 members (excludes halogenated alkanes) is 1. The Kier molecular flexibility index (Phi) is 10.2. The van der Waals surface area contributed by atoms with E-state index in [1.807, 2.05) is 79.7 Å². The van der Waals surface area contributed by atoms with Crippen LogP contribution in [-0.4, -0.2) is 12.1 Å². The molecule has 0 aliphatic carbocycles. The summed E-state index contributed by atoms with van der Waals surface area (Å²) in [5.41, 5.74) is 3.37. The fourth-order valence-corrected chi connectivity index (χ4v) is 3.71. The number of rotatable bonds is 14. The highest BCUT2D eigenvalue weighted by Crippen LogP contribution is 2.32. The maximum atomic E-state index is 13.3. The number of allylic oxidation sites excluding steroid dienone is 1. The van der Waals surface area contributed by atoms with Gasteiger partial charge in [0.25, 0.3) is 0 Å². The summed E-state index contributed by atoms with van der Waals surface area (Å²) in [7, 11) is 0. The lowest BCUT2D eigenvalue weighted by Crippen LogP contribution is -2.17. The first-order valence-corrected chi connectivity index (χ1v) is 12.0. The number of ether oxygens (including phenoxy) is 3. The van der Waals surface area contributed by atoms with Gasteiger partial charge in [-0.25, -0.2) is 4.79 Å². The smallest absolute Gasteiger partial charge is 0.342 e. The van der Waals surface area contributed by atoms with Gasteiger partial charge in [-0.05, 0) is 48.9 Å². The Morgan fingerprint density at radius 2 is 1.51 bits per heavy atom. The molecule has 4 heteroatoms. The van der Waals surface area contributed by atoms with Gasteiger partial charge in [-0.15, -0.1) is 13.2 Å². The van der Waals surface area contributed by atoms with Gasteiger partial charge in [0, 0.05) is 12.5 Å². The molecule has 0 heterocycles. The van der Waals surface area contributed by atoms with E-state index in [2.05, 4.69) is 13.2 Å². The Morgan fingerprint density at radius 1 is 0.886 bits per heavy atom. The summed E-state index contributed by atoms with van der Waals surface area (Å²) >= 11 is 0. The third-order valence-corrected chi connectivity index (χ3v) is 5.51. The summed E-state index contributed by atoms with van der Waals surface area (Å²) in [6, 6.07) is 23.6. The summed E-state index contributed by atoms with van der Waals surface area (Å²) < 4.78 is 18.1. The van der Waals surface area contributed by atoms with E-state index < -0.39 is 5.97 Å². The Labute approximate surface area is 208 Å². The van der Waals surface area contributed by atoms with Crippen LogP contribution in [0.15, 0.2) is 98.1 Å². The molecule has 0 fully saturated rings. The molecule has 0 spiro atoms. The summed E-state index contributed by atoms with van der Waals surface area (Å²) in [5, 5.41) is 0. The number of carbonyl (C=O) groups excluding carboxylic acids is 1. The quantitative estimate of drug-likeness (QED) is 0.139. The second kappa shape index (κ2) is 13.8. The van der Waals surface area contributed by atoms with E-state index in [9.17, 15) is 4.79 Å². The molecule has 182 valence electrons. The lowest BCUT2D eigenvalue weighted by molar-refractivity contribution is 0.0342. The lowest BCUT2D eigenvalue weighted by Gasteiger charge is -2.19. The predicted molar refractivity (Wildman–Crippen MR) is 141 cm³/mol. The molecule has 35 heavy (non-hydrogen) atoms. The molecule has 3 rings (SSSR count). The summed E-state index contributed by atoms with van der Waals surface area (Å²) in [6.45, 7) is 10.2. The van der Waals surface area contributed by atoms with Crippen LogP contribution in [0.25, 0.3) is 0 Å². The van der Waals surface area contributed by atoms with E-state index in [0.717, 1.165) is 29.5 Å². The van der Waals surface area contributed by atoms with Crippen molar-refractivity contribution < 1.29 is 19.0 Å². The van der Waals surface area contributed by atoms with Gasteiger partial charge in [-0.3, -0.25) is 0 Å². The van der Waals surface area contributed by atoms with Crippen molar-refractivity contribution >= 4 is 5.97 Å². The minimum absolute atomic E-state index is 0.281. The fourth-order valence-electron chi connectivity index (χ4n) is 3.71. The van der Waals surface area contributed by atoms with Gasteiger partial charge in [-0.1, -0.05) is 72.8 Å². The predicted octanol–water partition coefficient (Wildman–Crippen LogP) is 7.47. The normalized spacial score (nSPS) is 11.3. The topological polar surface area (TPSA) is 44.8 Å². The molecule has 4 nitrogen and oxygen atoms in total. The summed E-state index contributed by atoms with van der Waals surface area (Å²) in [4.78, 5) is 13.3. The van der Waals surface area contributed by atoms with Crippen LogP contribution in [-0.2, 0) is 24.4 Å². The number of esters is 1. The highest BCUT2D eigenvalue weighted by atomic mass is 16.5. The van der Waals surface area contributed by atoms with E-state index in [0.29, 0.717) is 43.1 Å². The Hall–Kier alpha value is -3.79. The summed E-state index contributed by atoms with van der Waals surface area (Å²) in [5.74, 6) is 0.718. The van der Waals surface area contributed by atoms with Gasteiger partial charge in [0.1, 0.15) is 36.4 Å². The van der Waals surface area contributed by atoms with E-state index in [1.165, 1.54) is 0 Å². The SMILES string of the molecule is C=CCCCc1cc(OCc2ccccc2)cc(OCc2ccccc2)c1C(=O)OC(C)CC=C. The van der Waals surface area contributed by atoms with Crippen molar-refractivity contribution in [1.82, 2.24) is 0 Å². The van der Waals surface area contributed by atoms with Crippen molar-refractivity contribution in [2.75, 3.05) is 0 Å². The Bertz CT molecular complexity index is 1090. The molecule has 3 aromatic carbocycles. The number of aryl methyl sites for hydroxylation is 1. The summed E-state index contributed by atoms with van der Waals surface area (Å²) in [6.07, 6.45) is 6.30. The standard InChI is InChI=1S/C31H34O4/c1-4-6-9-19-27-20-28(33-22-25-15-10-7-11-16-25)21-29(34-23-26-17-12-8-13-18-26)30(27)31(32)35-24(3)14-5-2/h4-5,7-8,10-13,15-18,20-21,24H,1-2,6,9,14,19,22-23H2,3H3. The maximum Gasteiger partial charge on any atom is 0.342 e. The maximum absolute atomic E-state index is 13.3. The van der Waals surface area contributed by atoms with Gasteiger partial charge < -0.3 is 14.2 Å². The number of carbonyl (C=O) groups is 1. The van der Waals surface area contributed by atoms with Crippen molar-refractivity contribution in [3.63, 3.8) is 0 Å². The third-order valence-electron chi connectivity index (χ3n) is 5.51. The molecule has 0 amide bonds. The molecule has 3 aromatic rings. The molecule has 0 bridgehead atoms. The first kappa shape index (κ1) is 25.8. The molecule has 0 aliphatic rings. The number of hydrogen-bond acceptors (Lipinski definition) is 4. The molecule has 1 unspecified atom stereocenters. The second-order valence-electron chi connectivity index (χ2n) is 8.43. The van der Waals surface area contributed by atoms with E-state index in [-0.39, 0.29) is 6.10 Å². The molecule has 0 saturated heterocycles. The average molecular weight is 471 g/mol. The van der Waals surface area contributed by atoms with Gasteiger partial charge in [0.15, 0.2) is 0 Å². The molecule has 0 saturated carbocycles. The zero-order valence-corrected chi connectivity index (χ0v) is 20.5. The molecule has 0 N–H and O–H groups in total. The van der Waals surface area contributed by atoms with Crippen molar-refractivity contribution in [2.24, 2.45) is 0 Å². The molecule has 0 radical (unpaired) electrons. The highest BCUT2D eigenvalue weighted by molar-refractivity contribution is 5.94. The average Bonchev–Trinajstić information content (AvgIpc) is 2.87. The third kappa shape index (κ3) is 8.18. The van der Waals surface area contributed by atoms with Crippen LogP contribution in [0.3, 0.4) is 0 Å². The van der Waals surface area contributed by atoms with Crippen LogP contribution in [0.1, 0.15) is 53.2 Å². The van der Waals surface area contributed by atoms with Crippen LogP contribution in [0, 0.1) is 0 Å². The monoisotopic (exact) mass is 470 g/mol. The molecular weight excluding hydrogens is 436 g/mol. The van der Waals surface area contributed by atoms with Gasteiger partial charge in [0.2, 0.25) is 0 Å². The number of hydrogen-bond donors (Lipinski definition) is 0. The molecular formula is C31H34O4. The van der Waals surface area contributed by atoms with Crippen molar-refractivity contribution in [3.8, 4) is 11.5 Å².